The van der Waals surface area contributed by atoms with E-state index in [1.165, 1.54) is 0 Å². The molecule has 158 valence electrons. The Bertz CT molecular complexity index is 1020. The van der Waals surface area contributed by atoms with Crippen LogP contribution >= 0.6 is 0 Å². The fraction of sp³-hybridized carbons (Fsp3) is 0.375. The molecular formula is C24H28N2O4. The molecule has 30 heavy (non-hydrogen) atoms. The number of nitrogens with zero attached hydrogens (tertiary/aromatic N) is 1. The molecule has 6 heteroatoms. The Kier molecular flexibility index (Phi) is 5.79. The molecule has 0 saturated carbocycles. The fourth-order valence-electron chi connectivity index (χ4n) is 4.38. The number of aliphatic hydroxyl groups excluding tert-OH is 1. The van der Waals surface area contributed by atoms with E-state index in [4.69, 9.17) is 9.47 Å². The average molecular weight is 408 g/mol. The predicted octanol–water partition coefficient (Wildman–Crippen LogP) is 3.08. The Hall–Kier alpha value is -2.83. The number of benzene rings is 2. The summed E-state index contributed by atoms with van der Waals surface area (Å²) < 4.78 is 12.8. The molecule has 0 bridgehead atoms. The van der Waals surface area contributed by atoms with Gasteiger partial charge in [-0.15, -0.1) is 0 Å². The van der Waals surface area contributed by atoms with Crippen molar-refractivity contribution in [2.24, 2.45) is 7.05 Å². The van der Waals surface area contributed by atoms with Gasteiger partial charge in [0.25, 0.3) is 0 Å². The number of carbonyl (C=O) groups excluding carboxylic acids is 1. The Balaban J connectivity index is 1.54. The van der Waals surface area contributed by atoms with Gasteiger partial charge in [0.1, 0.15) is 5.75 Å². The minimum atomic E-state index is -0.784. The van der Waals surface area contributed by atoms with Crippen LogP contribution in [0.5, 0.6) is 5.75 Å². The van der Waals surface area contributed by atoms with Crippen LogP contribution in [0.25, 0.3) is 10.9 Å². The quantitative estimate of drug-likeness (QED) is 0.658. The maximum atomic E-state index is 13.4. The Morgan fingerprint density at radius 2 is 1.90 bits per heavy atom. The number of methoxy groups -OCH3 is 1. The topological polar surface area (TPSA) is 72.7 Å². The van der Waals surface area contributed by atoms with Crippen molar-refractivity contribution in [1.82, 2.24) is 9.88 Å². The highest BCUT2D eigenvalue weighted by Crippen LogP contribution is 2.36. The summed E-state index contributed by atoms with van der Waals surface area (Å²) in [4.78, 5) is 13.4. The largest absolute Gasteiger partial charge is 0.497 e. The van der Waals surface area contributed by atoms with Crippen LogP contribution in [-0.4, -0.2) is 42.4 Å². The monoisotopic (exact) mass is 408 g/mol. The molecule has 0 aliphatic carbocycles. The van der Waals surface area contributed by atoms with Gasteiger partial charge in [0.15, 0.2) is 0 Å². The third-order valence-corrected chi connectivity index (χ3v) is 6.17. The Morgan fingerprint density at radius 3 is 2.60 bits per heavy atom. The lowest BCUT2D eigenvalue weighted by Gasteiger charge is -2.36. The van der Waals surface area contributed by atoms with Crippen LogP contribution in [0.3, 0.4) is 0 Å². The van der Waals surface area contributed by atoms with Gasteiger partial charge in [0.05, 0.1) is 18.6 Å². The molecule has 4 rings (SSSR count). The summed E-state index contributed by atoms with van der Waals surface area (Å²) in [6.07, 6.45) is 2.35. The molecule has 6 nitrogen and oxygen atoms in total. The minimum Gasteiger partial charge on any atom is -0.497 e. The van der Waals surface area contributed by atoms with Crippen molar-refractivity contribution < 1.29 is 19.4 Å². The van der Waals surface area contributed by atoms with E-state index in [9.17, 15) is 9.90 Å². The average Bonchev–Trinajstić information content (AvgIpc) is 3.14. The second kappa shape index (κ2) is 8.50. The van der Waals surface area contributed by atoms with Crippen molar-refractivity contribution in [1.29, 1.82) is 0 Å². The van der Waals surface area contributed by atoms with E-state index in [1.54, 1.807) is 7.11 Å². The van der Waals surface area contributed by atoms with Crippen LogP contribution in [0.2, 0.25) is 0 Å². The lowest BCUT2D eigenvalue weighted by molar-refractivity contribution is -0.131. The first-order valence-electron chi connectivity index (χ1n) is 10.3. The zero-order chi connectivity index (χ0) is 21.1. The van der Waals surface area contributed by atoms with E-state index in [0.29, 0.717) is 26.1 Å². The fourth-order valence-corrected chi connectivity index (χ4v) is 4.38. The van der Waals surface area contributed by atoms with Crippen molar-refractivity contribution in [3.8, 4) is 5.75 Å². The molecule has 1 amide bonds. The number of para-hydroxylation sites is 1. The van der Waals surface area contributed by atoms with Gasteiger partial charge in [-0.1, -0.05) is 30.3 Å². The summed E-state index contributed by atoms with van der Waals surface area (Å²) >= 11 is 0. The molecule has 2 N–H and O–H groups in total. The van der Waals surface area contributed by atoms with Crippen LogP contribution in [-0.2, 0) is 22.0 Å². The summed E-state index contributed by atoms with van der Waals surface area (Å²) in [5.74, 6) is 0.683. The normalized spacial score (nSPS) is 16.9. The molecule has 2 aromatic carbocycles. The number of fused-ring (bicyclic) bond motifs is 1. The summed E-state index contributed by atoms with van der Waals surface area (Å²) in [5.41, 5.74) is 2.16. The van der Waals surface area contributed by atoms with Gasteiger partial charge in [-0.3, -0.25) is 4.79 Å². The smallest absolute Gasteiger partial charge is 0.230 e. The molecule has 1 aromatic heterocycles. The van der Waals surface area contributed by atoms with Crippen molar-refractivity contribution >= 4 is 16.8 Å². The molecule has 1 aliphatic rings. The first kappa shape index (κ1) is 20.4. The second-order valence-corrected chi connectivity index (χ2v) is 7.86. The summed E-state index contributed by atoms with van der Waals surface area (Å²) in [6, 6.07) is 15.6. The Morgan fingerprint density at radius 1 is 1.20 bits per heavy atom. The van der Waals surface area contributed by atoms with E-state index >= 15 is 0 Å². The number of hydrogen-bond acceptors (Lipinski definition) is 4. The van der Waals surface area contributed by atoms with Crippen molar-refractivity contribution in [2.75, 3.05) is 26.9 Å². The highest BCUT2D eigenvalue weighted by Gasteiger charge is 2.41. The minimum absolute atomic E-state index is 0.0738. The molecule has 1 fully saturated rings. The number of hydrogen-bond donors (Lipinski definition) is 2. The maximum absolute atomic E-state index is 13.4. The second-order valence-electron chi connectivity index (χ2n) is 7.86. The number of nitrogens with one attached hydrogen (secondary N) is 1. The van der Waals surface area contributed by atoms with Crippen LogP contribution in [0.1, 0.15) is 30.1 Å². The van der Waals surface area contributed by atoms with Crippen LogP contribution < -0.4 is 10.1 Å². The number of amides is 1. The molecule has 0 spiro atoms. The Labute approximate surface area is 176 Å². The zero-order valence-corrected chi connectivity index (χ0v) is 17.4. The van der Waals surface area contributed by atoms with Gasteiger partial charge in [-0.05, 0) is 36.6 Å². The van der Waals surface area contributed by atoms with Gasteiger partial charge in [0.2, 0.25) is 5.91 Å². The lowest BCUT2D eigenvalue weighted by Crippen LogP contribution is -2.48. The summed E-state index contributed by atoms with van der Waals surface area (Å²) in [6.45, 7) is 1.22. The predicted molar refractivity (Wildman–Crippen MR) is 116 cm³/mol. The van der Waals surface area contributed by atoms with Gasteiger partial charge in [-0.25, -0.2) is 0 Å². The molecule has 3 aromatic rings. The maximum Gasteiger partial charge on any atom is 0.230 e. The highest BCUT2D eigenvalue weighted by atomic mass is 16.5. The number of carbonyl (C=O) groups is 1. The molecule has 2 heterocycles. The number of ether oxygens (including phenoxy) is 2. The summed E-state index contributed by atoms with van der Waals surface area (Å²) in [5, 5.41) is 14.8. The van der Waals surface area contributed by atoms with Crippen molar-refractivity contribution in [3.05, 3.63) is 65.9 Å². The molecular weight excluding hydrogens is 380 g/mol. The van der Waals surface area contributed by atoms with E-state index in [-0.39, 0.29) is 12.5 Å². The van der Waals surface area contributed by atoms with E-state index in [0.717, 1.165) is 27.8 Å². The van der Waals surface area contributed by atoms with Crippen LogP contribution in [0, 0.1) is 0 Å². The molecule has 1 unspecified atom stereocenters. The SMILES string of the molecule is COc1ccc(C2(C(=O)NCC(O)c3cn(C)c4ccccc34)CCOCC2)cc1. The number of aliphatic hydroxyl groups is 1. The van der Waals surface area contributed by atoms with E-state index in [2.05, 4.69) is 5.32 Å². The first-order chi connectivity index (χ1) is 14.5. The lowest BCUT2D eigenvalue weighted by atomic mass is 9.73. The zero-order valence-electron chi connectivity index (χ0n) is 17.4. The van der Waals surface area contributed by atoms with Gasteiger partial charge < -0.3 is 24.5 Å². The van der Waals surface area contributed by atoms with Crippen LogP contribution in [0.4, 0.5) is 0 Å². The molecule has 1 atom stereocenters. The standard InChI is InChI=1S/C24H28N2O4/c1-26-16-20(19-5-3-4-6-21(19)26)22(27)15-25-23(28)24(11-13-30-14-12-24)17-7-9-18(29-2)10-8-17/h3-10,16,22,27H,11-15H2,1-2H3,(H,25,28). The van der Waals surface area contributed by atoms with Gasteiger partial charge in [-0.2, -0.15) is 0 Å². The number of aromatic nitrogens is 1. The van der Waals surface area contributed by atoms with Gasteiger partial charge >= 0.3 is 0 Å². The molecule has 1 aliphatic heterocycles. The number of rotatable bonds is 6. The van der Waals surface area contributed by atoms with E-state index in [1.807, 2.05) is 66.3 Å². The van der Waals surface area contributed by atoms with Crippen LogP contribution in [0.15, 0.2) is 54.7 Å². The molecule has 0 radical (unpaired) electrons. The number of aryl methyl sites for hydroxylation is 1. The van der Waals surface area contributed by atoms with Gasteiger partial charge in [0, 0.05) is 49.5 Å². The molecule has 1 saturated heterocycles. The first-order valence-corrected chi connectivity index (χ1v) is 10.3. The third kappa shape index (κ3) is 3.68. The summed E-state index contributed by atoms with van der Waals surface area (Å²) in [7, 11) is 3.58. The third-order valence-electron chi connectivity index (χ3n) is 6.17. The van der Waals surface area contributed by atoms with E-state index < -0.39 is 11.5 Å². The van der Waals surface area contributed by atoms with Crippen molar-refractivity contribution in [2.45, 2.75) is 24.4 Å². The highest BCUT2D eigenvalue weighted by molar-refractivity contribution is 5.89. The van der Waals surface area contributed by atoms with Crippen molar-refractivity contribution in [3.63, 3.8) is 0 Å².